The van der Waals surface area contributed by atoms with E-state index in [1.807, 2.05) is 19.9 Å². The summed E-state index contributed by atoms with van der Waals surface area (Å²) in [4.78, 5) is 0.354. The van der Waals surface area contributed by atoms with Gasteiger partial charge in [-0.1, -0.05) is 6.07 Å². The Hall–Kier alpha value is -0.910. The summed E-state index contributed by atoms with van der Waals surface area (Å²) >= 11 is 0. The van der Waals surface area contributed by atoms with Crippen molar-refractivity contribution in [1.82, 2.24) is 4.72 Å². The Morgan fingerprint density at radius 3 is 2.55 bits per heavy atom. The predicted octanol–water partition coefficient (Wildman–Crippen LogP) is 2.40. The SMILES string of the molecule is Cc1ccc(S(=O)(=O)NCCC2CCOCC2)cc1C. The second-order valence-corrected chi connectivity index (χ2v) is 7.26. The molecule has 1 fully saturated rings. The zero-order chi connectivity index (χ0) is 14.6. The second-order valence-electron chi connectivity index (χ2n) is 5.49. The molecule has 0 radical (unpaired) electrons. The molecule has 0 atom stereocenters. The number of nitrogens with one attached hydrogen (secondary N) is 1. The highest BCUT2D eigenvalue weighted by Gasteiger charge is 2.17. The molecule has 1 saturated heterocycles. The fraction of sp³-hybridized carbons (Fsp3) is 0.600. The number of aryl methyl sites for hydroxylation is 2. The zero-order valence-corrected chi connectivity index (χ0v) is 13.0. The summed E-state index contributed by atoms with van der Waals surface area (Å²) in [6, 6.07) is 5.24. The lowest BCUT2D eigenvalue weighted by Gasteiger charge is -2.21. The Morgan fingerprint density at radius 2 is 1.90 bits per heavy atom. The monoisotopic (exact) mass is 297 g/mol. The molecule has 1 aromatic rings. The number of ether oxygens (including phenoxy) is 1. The van der Waals surface area contributed by atoms with Crippen LogP contribution in [0.2, 0.25) is 0 Å². The third-order valence-electron chi connectivity index (χ3n) is 3.97. The summed E-state index contributed by atoms with van der Waals surface area (Å²) in [5.74, 6) is 0.575. The van der Waals surface area contributed by atoms with Crippen LogP contribution in [0.5, 0.6) is 0 Å². The van der Waals surface area contributed by atoms with Crippen LogP contribution in [0.3, 0.4) is 0 Å². The van der Waals surface area contributed by atoms with Crippen LogP contribution >= 0.6 is 0 Å². The summed E-state index contributed by atoms with van der Waals surface area (Å²) in [7, 11) is -3.38. The minimum absolute atomic E-state index is 0.354. The van der Waals surface area contributed by atoms with E-state index in [0.29, 0.717) is 17.4 Å². The lowest BCUT2D eigenvalue weighted by atomic mass is 9.97. The molecule has 5 heteroatoms. The molecular weight excluding hydrogens is 274 g/mol. The van der Waals surface area contributed by atoms with Gasteiger partial charge >= 0.3 is 0 Å². The van der Waals surface area contributed by atoms with Crippen LogP contribution < -0.4 is 4.72 Å². The van der Waals surface area contributed by atoms with E-state index in [4.69, 9.17) is 4.74 Å². The molecule has 1 N–H and O–H groups in total. The highest BCUT2D eigenvalue weighted by atomic mass is 32.2. The van der Waals surface area contributed by atoms with Gasteiger partial charge in [-0.15, -0.1) is 0 Å². The van der Waals surface area contributed by atoms with Crippen LogP contribution in [0.1, 0.15) is 30.4 Å². The van der Waals surface area contributed by atoms with E-state index >= 15 is 0 Å². The Morgan fingerprint density at radius 1 is 1.20 bits per heavy atom. The van der Waals surface area contributed by atoms with Gasteiger partial charge in [-0.25, -0.2) is 13.1 Å². The summed E-state index contributed by atoms with van der Waals surface area (Å²) in [6.45, 7) is 6.00. The maximum atomic E-state index is 12.2. The maximum Gasteiger partial charge on any atom is 0.240 e. The smallest absolute Gasteiger partial charge is 0.240 e. The molecule has 0 unspecified atom stereocenters. The minimum Gasteiger partial charge on any atom is -0.381 e. The molecule has 0 aliphatic carbocycles. The van der Waals surface area contributed by atoms with Crippen molar-refractivity contribution in [2.24, 2.45) is 5.92 Å². The van der Waals surface area contributed by atoms with E-state index in [1.165, 1.54) is 0 Å². The van der Waals surface area contributed by atoms with E-state index in [9.17, 15) is 8.42 Å². The van der Waals surface area contributed by atoms with E-state index < -0.39 is 10.0 Å². The molecule has 1 aromatic carbocycles. The van der Waals surface area contributed by atoms with E-state index in [0.717, 1.165) is 43.6 Å². The third-order valence-corrected chi connectivity index (χ3v) is 5.43. The summed E-state index contributed by atoms with van der Waals surface area (Å²) < 4.78 is 32.4. The molecule has 4 nitrogen and oxygen atoms in total. The van der Waals surface area contributed by atoms with Gasteiger partial charge in [0.2, 0.25) is 10.0 Å². The van der Waals surface area contributed by atoms with Crippen molar-refractivity contribution in [2.75, 3.05) is 19.8 Å². The van der Waals surface area contributed by atoms with Crippen LogP contribution in [-0.4, -0.2) is 28.2 Å². The van der Waals surface area contributed by atoms with Crippen molar-refractivity contribution < 1.29 is 13.2 Å². The van der Waals surface area contributed by atoms with E-state index in [1.54, 1.807) is 12.1 Å². The van der Waals surface area contributed by atoms with Crippen LogP contribution in [0.15, 0.2) is 23.1 Å². The zero-order valence-electron chi connectivity index (χ0n) is 12.2. The molecule has 0 amide bonds. The first kappa shape index (κ1) is 15.5. The van der Waals surface area contributed by atoms with Gasteiger partial charge in [-0.3, -0.25) is 0 Å². The number of hydrogen-bond donors (Lipinski definition) is 1. The molecule has 0 saturated carbocycles. The van der Waals surface area contributed by atoms with Gasteiger partial charge in [0, 0.05) is 19.8 Å². The Balaban J connectivity index is 1.91. The van der Waals surface area contributed by atoms with Gasteiger partial charge < -0.3 is 4.74 Å². The third kappa shape index (κ3) is 4.04. The first-order valence-corrected chi connectivity index (χ1v) is 8.62. The maximum absolute atomic E-state index is 12.2. The largest absolute Gasteiger partial charge is 0.381 e. The summed E-state index contributed by atoms with van der Waals surface area (Å²) in [5.41, 5.74) is 2.10. The molecule has 112 valence electrons. The fourth-order valence-corrected chi connectivity index (χ4v) is 3.53. The lowest BCUT2D eigenvalue weighted by molar-refractivity contribution is 0.0644. The average molecular weight is 297 g/mol. The fourth-order valence-electron chi connectivity index (χ4n) is 2.40. The molecule has 2 rings (SSSR count). The average Bonchev–Trinajstić information content (AvgIpc) is 2.43. The minimum atomic E-state index is -3.38. The van der Waals surface area contributed by atoms with Gasteiger partial charge in [0.1, 0.15) is 0 Å². The number of hydrogen-bond acceptors (Lipinski definition) is 3. The van der Waals surface area contributed by atoms with Crippen LogP contribution in [0, 0.1) is 19.8 Å². The van der Waals surface area contributed by atoms with Crippen molar-refractivity contribution >= 4 is 10.0 Å². The summed E-state index contributed by atoms with van der Waals surface area (Å²) in [6.07, 6.45) is 2.95. The highest BCUT2D eigenvalue weighted by Crippen LogP contribution is 2.18. The van der Waals surface area contributed by atoms with Crippen molar-refractivity contribution in [3.63, 3.8) is 0 Å². The van der Waals surface area contributed by atoms with E-state index in [-0.39, 0.29) is 0 Å². The van der Waals surface area contributed by atoms with E-state index in [2.05, 4.69) is 4.72 Å². The van der Waals surface area contributed by atoms with Crippen molar-refractivity contribution in [1.29, 1.82) is 0 Å². The van der Waals surface area contributed by atoms with Gasteiger partial charge in [0.25, 0.3) is 0 Å². The van der Waals surface area contributed by atoms with Crippen LogP contribution in [0.4, 0.5) is 0 Å². The molecule has 20 heavy (non-hydrogen) atoms. The summed E-state index contributed by atoms with van der Waals surface area (Å²) in [5, 5.41) is 0. The second kappa shape index (κ2) is 6.70. The van der Waals surface area contributed by atoms with Crippen LogP contribution in [0.25, 0.3) is 0 Å². The van der Waals surface area contributed by atoms with Gasteiger partial charge in [0.15, 0.2) is 0 Å². The molecule has 0 spiro atoms. The Kier molecular flexibility index (Phi) is 5.18. The molecule has 1 aliphatic rings. The highest BCUT2D eigenvalue weighted by molar-refractivity contribution is 7.89. The van der Waals surface area contributed by atoms with Crippen molar-refractivity contribution in [2.45, 2.75) is 38.0 Å². The van der Waals surface area contributed by atoms with Gasteiger partial charge in [-0.05, 0) is 62.3 Å². The van der Waals surface area contributed by atoms with Crippen molar-refractivity contribution in [3.8, 4) is 0 Å². The molecule has 1 heterocycles. The quantitative estimate of drug-likeness (QED) is 0.908. The van der Waals surface area contributed by atoms with Gasteiger partial charge in [-0.2, -0.15) is 0 Å². The molecular formula is C15H23NO3S. The molecule has 0 bridgehead atoms. The first-order valence-electron chi connectivity index (χ1n) is 7.14. The topological polar surface area (TPSA) is 55.4 Å². The Labute approximate surface area is 121 Å². The number of benzene rings is 1. The van der Waals surface area contributed by atoms with Crippen LogP contribution in [-0.2, 0) is 14.8 Å². The normalized spacial score (nSPS) is 17.3. The molecule has 0 aromatic heterocycles. The number of sulfonamides is 1. The number of rotatable bonds is 5. The first-order chi connectivity index (χ1) is 9.49. The standard InChI is InChI=1S/C15H23NO3S/c1-12-3-4-15(11-13(12)2)20(17,18)16-8-5-14-6-9-19-10-7-14/h3-4,11,14,16H,5-10H2,1-2H3. The van der Waals surface area contributed by atoms with Gasteiger partial charge in [0.05, 0.1) is 4.90 Å². The predicted molar refractivity (Wildman–Crippen MR) is 79.3 cm³/mol. The van der Waals surface area contributed by atoms with Crippen molar-refractivity contribution in [3.05, 3.63) is 29.3 Å². The Bertz CT molecular complexity index is 548. The molecule has 1 aliphatic heterocycles. The lowest BCUT2D eigenvalue weighted by Crippen LogP contribution is -2.27.